The predicted molar refractivity (Wildman–Crippen MR) is 76.0 cm³/mol. The first kappa shape index (κ1) is 16.4. The molecule has 0 radical (unpaired) electrons. The topological polar surface area (TPSA) is 90.2 Å². The van der Waals surface area contributed by atoms with Gasteiger partial charge in [-0.05, 0) is 0 Å². The standard InChI is InChI=1S/C15H24NO5/c1-16(2,8-10-6-4-3-5-7-10)12-14(19)13(18)11(9-17)21-15(12)20/h3-7,11-15,17-20H,8-9H2,1-2H3/q+1/t11-,12-,13-,14-,15-/m1/s1. The van der Waals surface area contributed by atoms with Crippen LogP contribution >= 0.6 is 0 Å². The van der Waals surface area contributed by atoms with Crippen molar-refractivity contribution in [3.8, 4) is 0 Å². The highest BCUT2D eigenvalue weighted by Gasteiger charge is 2.51. The molecule has 0 bridgehead atoms. The summed E-state index contributed by atoms with van der Waals surface area (Å²) in [6.07, 6.45) is -4.62. The van der Waals surface area contributed by atoms with Crippen LogP contribution in [0.5, 0.6) is 0 Å². The summed E-state index contributed by atoms with van der Waals surface area (Å²) in [5.74, 6) is 0. The normalized spacial score (nSPS) is 33.9. The van der Waals surface area contributed by atoms with Gasteiger partial charge >= 0.3 is 0 Å². The molecule has 0 aromatic heterocycles. The SMILES string of the molecule is C[N+](C)(Cc1ccccc1)[C@@H]1[C@@H](O)[C@H](O)[C@@H](CO)O[C@H]1O. The van der Waals surface area contributed by atoms with Gasteiger partial charge in [0.2, 0.25) is 6.29 Å². The van der Waals surface area contributed by atoms with Crippen molar-refractivity contribution in [2.75, 3.05) is 20.7 Å². The maximum Gasteiger partial charge on any atom is 0.211 e. The van der Waals surface area contributed by atoms with E-state index in [1.54, 1.807) is 0 Å². The van der Waals surface area contributed by atoms with E-state index in [0.717, 1.165) is 5.56 Å². The summed E-state index contributed by atoms with van der Waals surface area (Å²) in [6.45, 7) is 0.119. The Kier molecular flexibility index (Phi) is 4.98. The predicted octanol–water partition coefficient (Wildman–Crippen LogP) is -0.937. The summed E-state index contributed by atoms with van der Waals surface area (Å²) < 4.78 is 5.49. The van der Waals surface area contributed by atoms with Crippen molar-refractivity contribution < 1.29 is 29.6 Å². The van der Waals surface area contributed by atoms with E-state index >= 15 is 0 Å². The van der Waals surface area contributed by atoms with Crippen LogP contribution in [-0.2, 0) is 11.3 Å². The Hall–Kier alpha value is -1.02. The molecule has 2 rings (SSSR count). The lowest BCUT2D eigenvalue weighted by Crippen LogP contribution is -2.68. The molecule has 0 aliphatic carbocycles. The molecule has 0 unspecified atom stereocenters. The molecule has 1 aliphatic rings. The zero-order valence-corrected chi connectivity index (χ0v) is 12.3. The van der Waals surface area contributed by atoms with Crippen LogP contribution in [0.4, 0.5) is 0 Å². The number of benzene rings is 1. The number of hydrogen-bond acceptors (Lipinski definition) is 5. The number of aliphatic hydroxyl groups is 4. The van der Waals surface area contributed by atoms with E-state index in [1.807, 2.05) is 44.4 Å². The number of rotatable bonds is 4. The molecule has 6 nitrogen and oxygen atoms in total. The van der Waals surface area contributed by atoms with Crippen molar-refractivity contribution in [3.05, 3.63) is 35.9 Å². The van der Waals surface area contributed by atoms with Gasteiger partial charge in [0, 0.05) is 5.56 Å². The third-order valence-electron chi connectivity index (χ3n) is 4.11. The van der Waals surface area contributed by atoms with Crippen molar-refractivity contribution in [2.24, 2.45) is 0 Å². The molecule has 1 aromatic carbocycles. The molecular formula is C15H24NO5+. The summed E-state index contributed by atoms with van der Waals surface area (Å²) in [6, 6.07) is 9.01. The summed E-state index contributed by atoms with van der Waals surface area (Å²) in [4.78, 5) is 0. The fourth-order valence-corrected chi connectivity index (χ4v) is 3.00. The summed E-state index contributed by atoms with van der Waals surface area (Å²) >= 11 is 0. The third kappa shape index (κ3) is 3.42. The van der Waals surface area contributed by atoms with Gasteiger partial charge in [-0.25, -0.2) is 0 Å². The number of nitrogens with zero attached hydrogens (tertiary/aromatic N) is 1. The molecule has 0 saturated carbocycles. The van der Waals surface area contributed by atoms with Gasteiger partial charge in [0.15, 0.2) is 6.04 Å². The van der Waals surface area contributed by atoms with E-state index in [2.05, 4.69) is 0 Å². The minimum atomic E-state index is -1.25. The molecule has 1 aromatic rings. The summed E-state index contributed by atoms with van der Waals surface area (Å²) in [7, 11) is 3.72. The average molecular weight is 298 g/mol. The van der Waals surface area contributed by atoms with Gasteiger partial charge in [-0.1, -0.05) is 30.3 Å². The van der Waals surface area contributed by atoms with Gasteiger partial charge < -0.3 is 29.6 Å². The Morgan fingerprint density at radius 2 is 1.67 bits per heavy atom. The quantitative estimate of drug-likeness (QED) is 0.539. The van der Waals surface area contributed by atoms with Crippen LogP contribution in [0.3, 0.4) is 0 Å². The van der Waals surface area contributed by atoms with E-state index in [4.69, 9.17) is 9.84 Å². The minimum absolute atomic E-state index is 0.252. The molecule has 1 heterocycles. The molecule has 21 heavy (non-hydrogen) atoms. The zero-order valence-electron chi connectivity index (χ0n) is 12.3. The molecule has 0 amide bonds. The minimum Gasteiger partial charge on any atom is -0.394 e. The maximum atomic E-state index is 10.3. The third-order valence-corrected chi connectivity index (χ3v) is 4.11. The summed E-state index contributed by atoms with van der Waals surface area (Å²) in [5.41, 5.74) is 1.06. The van der Waals surface area contributed by atoms with Crippen molar-refractivity contribution in [3.63, 3.8) is 0 Å². The summed E-state index contributed by atoms with van der Waals surface area (Å²) in [5, 5.41) is 39.6. The van der Waals surface area contributed by atoms with Crippen molar-refractivity contribution in [1.29, 1.82) is 0 Å². The largest absolute Gasteiger partial charge is 0.394 e. The van der Waals surface area contributed by atoms with Gasteiger partial charge in [0.05, 0.1) is 20.7 Å². The lowest BCUT2D eigenvalue weighted by atomic mass is 9.94. The van der Waals surface area contributed by atoms with Gasteiger partial charge in [-0.2, -0.15) is 0 Å². The van der Waals surface area contributed by atoms with Gasteiger partial charge in [0.1, 0.15) is 24.9 Å². The Labute approximate surface area is 124 Å². The highest BCUT2D eigenvalue weighted by Crippen LogP contribution is 2.28. The second-order valence-electron chi connectivity index (χ2n) is 6.14. The lowest BCUT2D eigenvalue weighted by molar-refractivity contribution is -0.940. The van der Waals surface area contributed by atoms with E-state index in [1.165, 1.54) is 0 Å². The Balaban J connectivity index is 2.18. The number of quaternary nitrogens is 1. The first-order chi connectivity index (χ1) is 9.86. The van der Waals surface area contributed by atoms with E-state index in [0.29, 0.717) is 6.54 Å². The highest BCUT2D eigenvalue weighted by atomic mass is 16.6. The second kappa shape index (κ2) is 6.39. The second-order valence-corrected chi connectivity index (χ2v) is 6.14. The van der Waals surface area contributed by atoms with Crippen LogP contribution in [0.25, 0.3) is 0 Å². The van der Waals surface area contributed by atoms with Crippen LogP contribution in [-0.4, -0.2) is 76.3 Å². The Morgan fingerprint density at radius 3 is 2.24 bits per heavy atom. The number of ether oxygens (including phenoxy) is 1. The average Bonchev–Trinajstić information content (AvgIpc) is 2.43. The zero-order chi connectivity index (χ0) is 15.6. The number of aliphatic hydroxyl groups excluding tert-OH is 4. The number of hydrogen-bond donors (Lipinski definition) is 4. The van der Waals surface area contributed by atoms with Gasteiger partial charge in [-0.15, -0.1) is 0 Å². The van der Waals surface area contributed by atoms with Crippen molar-refractivity contribution in [2.45, 2.75) is 37.2 Å². The Morgan fingerprint density at radius 1 is 1.05 bits per heavy atom. The molecule has 6 heteroatoms. The van der Waals surface area contributed by atoms with Crippen molar-refractivity contribution >= 4 is 0 Å². The van der Waals surface area contributed by atoms with E-state index in [9.17, 15) is 15.3 Å². The van der Waals surface area contributed by atoms with Crippen LogP contribution in [0.2, 0.25) is 0 Å². The van der Waals surface area contributed by atoms with Crippen LogP contribution in [0.15, 0.2) is 30.3 Å². The van der Waals surface area contributed by atoms with Crippen LogP contribution < -0.4 is 0 Å². The van der Waals surface area contributed by atoms with E-state index < -0.39 is 37.3 Å². The molecule has 5 atom stereocenters. The van der Waals surface area contributed by atoms with E-state index in [-0.39, 0.29) is 4.48 Å². The molecular weight excluding hydrogens is 274 g/mol. The smallest absolute Gasteiger partial charge is 0.211 e. The molecule has 1 aliphatic heterocycles. The Bertz CT molecular complexity index is 453. The lowest BCUT2D eigenvalue weighted by Gasteiger charge is -2.47. The first-order valence-electron chi connectivity index (χ1n) is 7.04. The van der Waals surface area contributed by atoms with Gasteiger partial charge in [0.25, 0.3) is 0 Å². The monoisotopic (exact) mass is 298 g/mol. The molecule has 0 spiro atoms. The molecule has 1 saturated heterocycles. The first-order valence-corrected chi connectivity index (χ1v) is 7.04. The maximum absolute atomic E-state index is 10.3. The fraction of sp³-hybridized carbons (Fsp3) is 0.600. The molecule has 118 valence electrons. The van der Waals surface area contributed by atoms with Gasteiger partial charge in [-0.3, -0.25) is 0 Å². The van der Waals surface area contributed by atoms with Crippen molar-refractivity contribution in [1.82, 2.24) is 0 Å². The van der Waals surface area contributed by atoms with Crippen LogP contribution in [0, 0.1) is 0 Å². The molecule has 4 N–H and O–H groups in total. The number of likely N-dealkylation sites (N-methyl/N-ethyl adjacent to an activating group) is 1. The fourth-order valence-electron chi connectivity index (χ4n) is 3.00. The van der Waals surface area contributed by atoms with Crippen LogP contribution in [0.1, 0.15) is 5.56 Å². The molecule has 1 fully saturated rings. The highest BCUT2D eigenvalue weighted by molar-refractivity contribution is 5.13.